The van der Waals surface area contributed by atoms with E-state index in [0.717, 1.165) is 23.4 Å². The molecule has 1 unspecified atom stereocenters. The summed E-state index contributed by atoms with van der Waals surface area (Å²) in [6, 6.07) is 9.86. The van der Waals surface area contributed by atoms with Crippen LogP contribution in [0.15, 0.2) is 55.1 Å². The first-order valence-corrected chi connectivity index (χ1v) is 7.05. The molecule has 0 amide bonds. The molecule has 21 heavy (non-hydrogen) atoms. The monoisotopic (exact) mass is 282 g/mol. The van der Waals surface area contributed by atoms with Crippen LogP contribution < -0.4 is 0 Å². The third-order valence-corrected chi connectivity index (χ3v) is 3.45. The molecule has 0 bridgehead atoms. The summed E-state index contributed by atoms with van der Waals surface area (Å²) in [5, 5.41) is 18.9. The summed E-state index contributed by atoms with van der Waals surface area (Å²) in [6.45, 7) is 2.87. The molecule has 5 heteroatoms. The van der Waals surface area contributed by atoms with E-state index in [0.29, 0.717) is 6.42 Å². The van der Waals surface area contributed by atoms with Crippen LogP contribution in [-0.4, -0.2) is 24.7 Å². The molecule has 1 N–H and O–H groups in total. The second-order valence-electron chi connectivity index (χ2n) is 4.98. The van der Waals surface area contributed by atoms with Gasteiger partial charge in [-0.3, -0.25) is 4.68 Å². The molecule has 108 valence electrons. The van der Waals surface area contributed by atoms with Crippen molar-refractivity contribution in [3.05, 3.63) is 66.2 Å². The summed E-state index contributed by atoms with van der Waals surface area (Å²) >= 11 is 0. The topological polar surface area (TPSA) is 55.9 Å². The number of hydrogen-bond donors (Lipinski definition) is 1. The molecule has 0 aliphatic heterocycles. The highest BCUT2D eigenvalue weighted by Gasteiger charge is 2.12. The zero-order chi connectivity index (χ0) is 14.7. The highest BCUT2D eigenvalue weighted by molar-refractivity contribution is 5.31. The van der Waals surface area contributed by atoms with E-state index in [2.05, 4.69) is 10.2 Å². The van der Waals surface area contributed by atoms with Gasteiger partial charge in [0, 0.05) is 30.9 Å². The predicted molar refractivity (Wildman–Crippen MR) is 80.1 cm³/mol. The number of aliphatic hydroxyl groups is 1. The Balaban J connectivity index is 1.73. The van der Waals surface area contributed by atoms with Gasteiger partial charge in [0.2, 0.25) is 0 Å². The van der Waals surface area contributed by atoms with Gasteiger partial charge in [-0.05, 0) is 24.6 Å². The Morgan fingerprint density at radius 1 is 1.10 bits per heavy atom. The summed E-state index contributed by atoms with van der Waals surface area (Å²) in [6.07, 6.45) is 7.31. The van der Waals surface area contributed by atoms with E-state index in [1.807, 2.05) is 54.3 Å². The lowest BCUT2D eigenvalue weighted by molar-refractivity contribution is 0.178. The highest BCUT2D eigenvalue weighted by Crippen LogP contribution is 2.19. The number of hydrogen-bond acceptors (Lipinski definition) is 3. The molecular weight excluding hydrogens is 264 g/mol. The molecule has 1 aromatic carbocycles. The predicted octanol–water partition coefficient (Wildman–Crippen LogP) is 2.36. The van der Waals surface area contributed by atoms with Gasteiger partial charge in [0.25, 0.3) is 0 Å². The second kappa shape index (κ2) is 5.93. The normalized spacial score (nSPS) is 12.5. The van der Waals surface area contributed by atoms with Crippen LogP contribution in [-0.2, 0) is 13.0 Å². The fourth-order valence-corrected chi connectivity index (χ4v) is 2.26. The Hall–Kier alpha value is -2.40. The van der Waals surface area contributed by atoms with Crippen molar-refractivity contribution in [3.63, 3.8) is 0 Å². The van der Waals surface area contributed by atoms with Crippen molar-refractivity contribution < 1.29 is 5.11 Å². The third kappa shape index (κ3) is 3.03. The van der Waals surface area contributed by atoms with E-state index in [1.165, 1.54) is 0 Å². The summed E-state index contributed by atoms with van der Waals surface area (Å²) in [7, 11) is 0. The van der Waals surface area contributed by atoms with Crippen molar-refractivity contribution in [2.45, 2.75) is 26.0 Å². The van der Waals surface area contributed by atoms with Gasteiger partial charge in [-0.25, -0.2) is 4.68 Å². The summed E-state index contributed by atoms with van der Waals surface area (Å²) < 4.78 is 3.63. The standard InChI is InChI=1S/C16H18N4O/c1-2-19-11-13(9-17-19)8-16(21)14-10-18-20(12-14)15-6-4-3-5-7-15/h3-7,9-12,16,21H,2,8H2,1H3. The van der Waals surface area contributed by atoms with Crippen LogP contribution in [0.25, 0.3) is 5.69 Å². The molecule has 0 aliphatic carbocycles. The summed E-state index contributed by atoms with van der Waals surface area (Å²) in [5.41, 5.74) is 2.81. The minimum Gasteiger partial charge on any atom is -0.388 e. The number of nitrogens with zero attached hydrogens (tertiary/aromatic N) is 4. The molecule has 0 radical (unpaired) electrons. The van der Waals surface area contributed by atoms with Crippen LogP contribution in [0.1, 0.15) is 24.2 Å². The fourth-order valence-electron chi connectivity index (χ4n) is 2.26. The van der Waals surface area contributed by atoms with Crippen molar-refractivity contribution >= 4 is 0 Å². The minimum atomic E-state index is -0.572. The Morgan fingerprint density at radius 2 is 1.90 bits per heavy atom. The van der Waals surface area contributed by atoms with Gasteiger partial charge >= 0.3 is 0 Å². The summed E-state index contributed by atoms with van der Waals surface area (Å²) in [4.78, 5) is 0. The number of para-hydroxylation sites is 1. The number of aromatic nitrogens is 4. The minimum absolute atomic E-state index is 0.542. The number of benzene rings is 1. The van der Waals surface area contributed by atoms with Crippen molar-refractivity contribution in [3.8, 4) is 5.69 Å². The molecule has 2 heterocycles. The van der Waals surface area contributed by atoms with Gasteiger partial charge < -0.3 is 5.11 Å². The Bertz CT molecular complexity index is 702. The van der Waals surface area contributed by atoms with Crippen LogP contribution in [0.4, 0.5) is 0 Å². The lowest BCUT2D eigenvalue weighted by atomic mass is 10.1. The molecule has 0 spiro atoms. The molecule has 0 fully saturated rings. The first kappa shape index (κ1) is 13.6. The SMILES string of the molecule is CCn1cc(CC(O)c2cnn(-c3ccccc3)c2)cn1. The van der Waals surface area contributed by atoms with Crippen molar-refractivity contribution in [1.82, 2.24) is 19.6 Å². The van der Waals surface area contributed by atoms with Crippen LogP contribution >= 0.6 is 0 Å². The van der Waals surface area contributed by atoms with E-state index < -0.39 is 6.10 Å². The van der Waals surface area contributed by atoms with Crippen molar-refractivity contribution in [1.29, 1.82) is 0 Å². The van der Waals surface area contributed by atoms with E-state index in [1.54, 1.807) is 17.1 Å². The van der Waals surface area contributed by atoms with Crippen LogP contribution in [0, 0.1) is 0 Å². The maximum Gasteiger partial charge on any atom is 0.0862 e. The third-order valence-electron chi connectivity index (χ3n) is 3.45. The number of rotatable bonds is 5. The average Bonchev–Trinajstić information content (AvgIpc) is 3.17. The molecule has 1 atom stereocenters. The molecule has 0 saturated heterocycles. The summed E-state index contributed by atoms with van der Waals surface area (Å²) in [5.74, 6) is 0. The maximum absolute atomic E-state index is 10.3. The van der Waals surface area contributed by atoms with Gasteiger partial charge in [-0.2, -0.15) is 10.2 Å². The molecular formula is C16H18N4O. The number of aliphatic hydroxyl groups excluding tert-OH is 1. The van der Waals surface area contributed by atoms with Gasteiger partial charge in [0.05, 0.1) is 24.2 Å². The molecule has 2 aromatic heterocycles. The Labute approximate surface area is 123 Å². The lowest BCUT2D eigenvalue weighted by Crippen LogP contribution is -2.00. The maximum atomic E-state index is 10.3. The molecule has 3 rings (SSSR count). The first-order valence-electron chi connectivity index (χ1n) is 7.05. The van der Waals surface area contributed by atoms with E-state index in [4.69, 9.17) is 0 Å². The van der Waals surface area contributed by atoms with Gasteiger partial charge in [-0.15, -0.1) is 0 Å². The average molecular weight is 282 g/mol. The Morgan fingerprint density at radius 3 is 2.62 bits per heavy atom. The van der Waals surface area contributed by atoms with E-state index in [-0.39, 0.29) is 0 Å². The zero-order valence-corrected chi connectivity index (χ0v) is 11.9. The van der Waals surface area contributed by atoms with Crippen LogP contribution in [0.3, 0.4) is 0 Å². The molecule has 0 aliphatic rings. The Kier molecular flexibility index (Phi) is 3.83. The van der Waals surface area contributed by atoms with E-state index in [9.17, 15) is 5.11 Å². The largest absolute Gasteiger partial charge is 0.388 e. The second-order valence-corrected chi connectivity index (χ2v) is 4.98. The van der Waals surface area contributed by atoms with Crippen LogP contribution in [0.5, 0.6) is 0 Å². The fraction of sp³-hybridized carbons (Fsp3) is 0.250. The van der Waals surface area contributed by atoms with E-state index >= 15 is 0 Å². The van der Waals surface area contributed by atoms with Gasteiger partial charge in [0.15, 0.2) is 0 Å². The quantitative estimate of drug-likeness (QED) is 0.781. The highest BCUT2D eigenvalue weighted by atomic mass is 16.3. The molecule has 0 saturated carbocycles. The smallest absolute Gasteiger partial charge is 0.0862 e. The first-order chi connectivity index (χ1) is 10.3. The number of aryl methyl sites for hydroxylation is 1. The van der Waals surface area contributed by atoms with Crippen molar-refractivity contribution in [2.24, 2.45) is 0 Å². The van der Waals surface area contributed by atoms with Crippen molar-refractivity contribution in [2.75, 3.05) is 0 Å². The van der Waals surface area contributed by atoms with Crippen LogP contribution in [0.2, 0.25) is 0 Å². The zero-order valence-electron chi connectivity index (χ0n) is 11.9. The van der Waals surface area contributed by atoms with Gasteiger partial charge in [-0.1, -0.05) is 18.2 Å². The molecule has 5 nitrogen and oxygen atoms in total. The van der Waals surface area contributed by atoms with Gasteiger partial charge in [0.1, 0.15) is 0 Å². The molecule has 3 aromatic rings. The lowest BCUT2D eigenvalue weighted by Gasteiger charge is -2.06.